The standard InChI is InChI=1S/C27H35FN2O2/c1-18(2)17-20-5-7-21(8-6-20)25(19(3)4)29-26(31)22-13-15-30(16-14-22)27(32)23-9-11-24(28)12-10-23/h5-12,18-19,22,25H,13-17H2,1-4H3,(H,29,31). The average Bonchev–Trinajstić information content (AvgIpc) is 2.77. The molecule has 3 rings (SSSR count). The molecule has 1 aliphatic rings. The lowest BCUT2D eigenvalue weighted by Gasteiger charge is -2.33. The molecule has 2 aromatic carbocycles. The predicted octanol–water partition coefficient (Wildman–Crippen LogP) is 5.39. The SMILES string of the molecule is CC(C)Cc1ccc(C(NC(=O)C2CCN(C(=O)c3ccc(F)cc3)CC2)C(C)C)cc1. The molecule has 0 aliphatic carbocycles. The van der Waals surface area contributed by atoms with E-state index in [0.29, 0.717) is 37.4 Å². The summed E-state index contributed by atoms with van der Waals surface area (Å²) in [5.74, 6) is 0.381. The van der Waals surface area contributed by atoms with E-state index in [1.165, 1.54) is 29.8 Å². The summed E-state index contributed by atoms with van der Waals surface area (Å²) in [5, 5.41) is 3.26. The van der Waals surface area contributed by atoms with E-state index in [2.05, 4.69) is 57.3 Å². The first-order valence-electron chi connectivity index (χ1n) is 11.7. The van der Waals surface area contributed by atoms with Crippen molar-refractivity contribution >= 4 is 11.8 Å². The molecule has 1 atom stereocenters. The minimum Gasteiger partial charge on any atom is -0.349 e. The molecular weight excluding hydrogens is 403 g/mol. The second-order valence-corrected chi connectivity index (χ2v) is 9.64. The van der Waals surface area contributed by atoms with Crippen LogP contribution in [0.4, 0.5) is 4.39 Å². The summed E-state index contributed by atoms with van der Waals surface area (Å²) in [6.07, 6.45) is 2.32. The van der Waals surface area contributed by atoms with Crippen molar-refractivity contribution in [3.63, 3.8) is 0 Å². The van der Waals surface area contributed by atoms with Crippen molar-refractivity contribution < 1.29 is 14.0 Å². The van der Waals surface area contributed by atoms with Crippen LogP contribution in [0.1, 0.15) is 68.1 Å². The second kappa shape index (κ2) is 10.8. The molecule has 1 aliphatic heterocycles. The fraction of sp³-hybridized carbons (Fsp3) is 0.481. The monoisotopic (exact) mass is 438 g/mol. The van der Waals surface area contributed by atoms with Gasteiger partial charge in [-0.15, -0.1) is 0 Å². The third kappa shape index (κ3) is 6.18. The first-order chi connectivity index (χ1) is 15.2. The highest BCUT2D eigenvalue weighted by atomic mass is 19.1. The number of carbonyl (C=O) groups is 2. The van der Waals surface area contributed by atoms with Crippen molar-refractivity contribution in [1.82, 2.24) is 10.2 Å². The molecule has 2 amide bonds. The molecule has 5 heteroatoms. The number of hydrogen-bond acceptors (Lipinski definition) is 2. The molecule has 0 radical (unpaired) electrons. The van der Waals surface area contributed by atoms with E-state index in [1.807, 2.05) is 0 Å². The van der Waals surface area contributed by atoms with Crippen molar-refractivity contribution in [2.75, 3.05) is 13.1 Å². The zero-order valence-electron chi connectivity index (χ0n) is 19.6. The van der Waals surface area contributed by atoms with Crippen LogP contribution in [0.15, 0.2) is 48.5 Å². The van der Waals surface area contributed by atoms with Crippen LogP contribution in [0.5, 0.6) is 0 Å². The number of halogens is 1. The van der Waals surface area contributed by atoms with Crippen LogP contribution in [0.2, 0.25) is 0 Å². The van der Waals surface area contributed by atoms with Gasteiger partial charge >= 0.3 is 0 Å². The van der Waals surface area contributed by atoms with E-state index in [0.717, 1.165) is 12.0 Å². The number of likely N-dealkylation sites (tertiary alicyclic amines) is 1. The van der Waals surface area contributed by atoms with E-state index in [1.54, 1.807) is 4.90 Å². The van der Waals surface area contributed by atoms with Crippen LogP contribution in [0.25, 0.3) is 0 Å². The van der Waals surface area contributed by atoms with E-state index in [-0.39, 0.29) is 35.5 Å². The normalized spacial score (nSPS) is 15.8. The smallest absolute Gasteiger partial charge is 0.253 e. The third-order valence-electron chi connectivity index (χ3n) is 6.19. The molecule has 32 heavy (non-hydrogen) atoms. The predicted molar refractivity (Wildman–Crippen MR) is 126 cm³/mol. The zero-order chi connectivity index (χ0) is 23.3. The van der Waals surface area contributed by atoms with Gasteiger partial charge in [0.15, 0.2) is 0 Å². The Hall–Kier alpha value is -2.69. The number of piperidine rings is 1. The van der Waals surface area contributed by atoms with Crippen LogP contribution < -0.4 is 5.32 Å². The van der Waals surface area contributed by atoms with E-state index in [4.69, 9.17) is 0 Å². The highest BCUT2D eigenvalue weighted by molar-refractivity contribution is 5.94. The Balaban J connectivity index is 1.57. The van der Waals surface area contributed by atoms with Gasteiger partial charge in [-0.1, -0.05) is 52.0 Å². The lowest BCUT2D eigenvalue weighted by Crippen LogP contribution is -2.44. The molecule has 2 aromatic rings. The van der Waals surface area contributed by atoms with Gasteiger partial charge < -0.3 is 10.2 Å². The molecule has 0 aromatic heterocycles. The Kier molecular flexibility index (Phi) is 8.05. The largest absolute Gasteiger partial charge is 0.349 e. The van der Waals surface area contributed by atoms with Crippen LogP contribution >= 0.6 is 0 Å². The number of nitrogens with zero attached hydrogens (tertiary/aromatic N) is 1. The van der Waals surface area contributed by atoms with Crippen LogP contribution in [0.3, 0.4) is 0 Å². The zero-order valence-corrected chi connectivity index (χ0v) is 19.6. The molecule has 0 saturated carbocycles. The lowest BCUT2D eigenvalue weighted by atomic mass is 9.91. The Labute approximate surface area is 191 Å². The van der Waals surface area contributed by atoms with Crippen molar-refractivity contribution in [2.45, 2.75) is 53.0 Å². The molecule has 1 N–H and O–H groups in total. The summed E-state index contributed by atoms with van der Waals surface area (Å²) in [4.78, 5) is 27.4. The van der Waals surface area contributed by atoms with Gasteiger partial charge in [0.1, 0.15) is 5.82 Å². The van der Waals surface area contributed by atoms with E-state index >= 15 is 0 Å². The number of rotatable bonds is 7. The van der Waals surface area contributed by atoms with Gasteiger partial charge in [0, 0.05) is 24.6 Å². The maximum absolute atomic E-state index is 13.1. The molecule has 1 unspecified atom stereocenters. The van der Waals surface area contributed by atoms with E-state index < -0.39 is 0 Å². The molecule has 4 nitrogen and oxygen atoms in total. The Bertz CT molecular complexity index is 898. The molecule has 1 fully saturated rings. The first-order valence-corrected chi connectivity index (χ1v) is 11.7. The summed E-state index contributed by atoms with van der Waals surface area (Å²) in [6, 6.07) is 14.2. The van der Waals surface area contributed by atoms with Crippen molar-refractivity contribution in [1.29, 1.82) is 0 Å². The Morgan fingerprint density at radius 3 is 2.09 bits per heavy atom. The summed E-state index contributed by atoms with van der Waals surface area (Å²) < 4.78 is 13.1. The minimum atomic E-state index is -0.355. The molecule has 0 spiro atoms. The number of hydrogen-bond donors (Lipinski definition) is 1. The maximum Gasteiger partial charge on any atom is 0.253 e. The first kappa shape index (κ1) is 24.0. The summed E-state index contributed by atoms with van der Waals surface area (Å²) in [5.41, 5.74) is 2.93. The number of carbonyl (C=O) groups excluding carboxylic acids is 2. The molecule has 0 bridgehead atoms. The summed E-state index contributed by atoms with van der Waals surface area (Å²) >= 11 is 0. The molecular formula is C27H35FN2O2. The lowest BCUT2D eigenvalue weighted by molar-refractivity contribution is -0.127. The van der Waals surface area contributed by atoms with E-state index in [9.17, 15) is 14.0 Å². The fourth-order valence-corrected chi connectivity index (χ4v) is 4.36. The maximum atomic E-state index is 13.1. The summed E-state index contributed by atoms with van der Waals surface area (Å²) in [6.45, 7) is 9.73. The number of nitrogens with one attached hydrogen (secondary N) is 1. The summed E-state index contributed by atoms with van der Waals surface area (Å²) in [7, 11) is 0. The Morgan fingerprint density at radius 1 is 0.969 bits per heavy atom. The molecule has 1 heterocycles. The number of benzene rings is 2. The topological polar surface area (TPSA) is 49.4 Å². The van der Waals surface area contributed by atoms with Gasteiger partial charge in [-0.25, -0.2) is 4.39 Å². The molecule has 172 valence electrons. The second-order valence-electron chi connectivity index (χ2n) is 9.64. The highest BCUT2D eigenvalue weighted by Gasteiger charge is 2.30. The van der Waals surface area contributed by atoms with Crippen molar-refractivity contribution in [2.24, 2.45) is 17.8 Å². The van der Waals surface area contributed by atoms with Crippen LogP contribution in [-0.2, 0) is 11.2 Å². The van der Waals surface area contributed by atoms with Crippen molar-refractivity contribution in [3.8, 4) is 0 Å². The Morgan fingerprint density at radius 2 is 1.56 bits per heavy atom. The van der Waals surface area contributed by atoms with Crippen LogP contribution in [-0.4, -0.2) is 29.8 Å². The third-order valence-corrected chi connectivity index (χ3v) is 6.19. The van der Waals surface area contributed by atoms with Gasteiger partial charge in [0.05, 0.1) is 6.04 Å². The fourth-order valence-electron chi connectivity index (χ4n) is 4.36. The van der Waals surface area contributed by atoms with Gasteiger partial charge in [0.2, 0.25) is 5.91 Å². The van der Waals surface area contributed by atoms with Gasteiger partial charge in [-0.3, -0.25) is 9.59 Å². The quantitative estimate of drug-likeness (QED) is 0.630. The highest BCUT2D eigenvalue weighted by Crippen LogP contribution is 2.26. The van der Waals surface area contributed by atoms with Gasteiger partial charge in [-0.2, -0.15) is 0 Å². The van der Waals surface area contributed by atoms with Gasteiger partial charge in [-0.05, 0) is 66.5 Å². The minimum absolute atomic E-state index is 0.0329. The van der Waals surface area contributed by atoms with Crippen LogP contribution in [0, 0.1) is 23.6 Å². The number of amides is 2. The van der Waals surface area contributed by atoms with Crippen molar-refractivity contribution in [3.05, 3.63) is 71.0 Å². The molecule has 1 saturated heterocycles. The van der Waals surface area contributed by atoms with Gasteiger partial charge in [0.25, 0.3) is 5.91 Å². The average molecular weight is 439 g/mol.